The molecule has 6 heteroatoms. The highest BCUT2D eigenvalue weighted by molar-refractivity contribution is 5.83. The number of primary amides is 1. The minimum atomic E-state index is -0.643. The van der Waals surface area contributed by atoms with E-state index in [1.807, 2.05) is 4.90 Å². The van der Waals surface area contributed by atoms with Gasteiger partial charge in [-0.3, -0.25) is 4.79 Å². The Morgan fingerprint density at radius 1 is 1.12 bits per heavy atom. The Bertz CT molecular complexity index is 592. The van der Waals surface area contributed by atoms with Crippen molar-refractivity contribution < 1.29 is 9.59 Å². The number of nitrogens with one attached hydrogen (secondary N) is 1. The highest BCUT2D eigenvalue weighted by Gasteiger charge is 2.36. The van der Waals surface area contributed by atoms with Crippen molar-refractivity contribution in [3.63, 3.8) is 0 Å². The lowest BCUT2D eigenvalue weighted by Gasteiger charge is -2.36. The van der Waals surface area contributed by atoms with Crippen LogP contribution in [0, 0.1) is 5.92 Å². The summed E-state index contributed by atoms with van der Waals surface area (Å²) in [5.41, 5.74) is 6.46. The zero-order chi connectivity index (χ0) is 17.6. The maximum absolute atomic E-state index is 12.4. The molecule has 3 aliphatic rings. The lowest BCUT2D eigenvalue weighted by molar-refractivity contribution is -0.134. The van der Waals surface area contributed by atoms with E-state index in [9.17, 15) is 9.59 Å². The first kappa shape index (κ1) is 17.7. The van der Waals surface area contributed by atoms with Gasteiger partial charge in [0, 0.05) is 25.7 Å². The monoisotopic (exact) mass is 344 g/mol. The van der Waals surface area contributed by atoms with Gasteiger partial charge in [0.05, 0.1) is 6.54 Å². The van der Waals surface area contributed by atoms with Crippen LogP contribution in [0.4, 0.5) is 4.79 Å². The Balaban J connectivity index is 1.50. The Labute approximate surface area is 149 Å². The molecule has 0 saturated carbocycles. The summed E-state index contributed by atoms with van der Waals surface area (Å²) in [4.78, 5) is 27.7. The number of urea groups is 1. The molecular formula is C19H28N4O2. The summed E-state index contributed by atoms with van der Waals surface area (Å²) in [7, 11) is 0. The molecule has 3 fully saturated rings. The summed E-state index contributed by atoms with van der Waals surface area (Å²) in [5.74, 6) is 0.521. The first-order chi connectivity index (χ1) is 12.1. The van der Waals surface area contributed by atoms with Crippen LogP contribution in [0.2, 0.25) is 0 Å². The second-order valence-electron chi connectivity index (χ2n) is 7.21. The standard InChI is InChI=1S/C19H28N4O2/c20-19(25)21-11-18(24)23-13-16-8-9-17(23)14-22(12-16)10-4-7-15-5-2-1-3-6-15/h1-3,5-6,16-17H,4,7-14H2,(H3,20,21,25)/t16-,17+/m0/s1. The number of hydrogen-bond acceptors (Lipinski definition) is 3. The van der Waals surface area contributed by atoms with Crippen LogP contribution >= 0.6 is 0 Å². The molecule has 0 unspecified atom stereocenters. The third kappa shape index (κ3) is 4.95. The average Bonchev–Trinajstić information content (AvgIpc) is 2.91. The molecule has 25 heavy (non-hydrogen) atoms. The zero-order valence-corrected chi connectivity index (χ0v) is 14.7. The Morgan fingerprint density at radius 3 is 2.68 bits per heavy atom. The molecule has 6 nitrogen and oxygen atoms in total. The SMILES string of the molecule is NC(=O)NCC(=O)N1C[C@H]2CC[C@@H]1CN(CCCc1ccccc1)C2. The Morgan fingerprint density at radius 2 is 1.92 bits per heavy atom. The van der Waals surface area contributed by atoms with Crippen LogP contribution in [0.15, 0.2) is 30.3 Å². The summed E-state index contributed by atoms with van der Waals surface area (Å²) in [5, 5.41) is 2.42. The molecule has 3 heterocycles. The number of nitrogens with zero attached hydrogens (tertiary/aromatic N) is 2. The van der Waals surface area contributed by atoms with E-state index in [4.69, 9.17) is 5.73 Å². The van der Waals surface area contributed by atoms with E-state index in [0.717, 1.165) is 45.4 Å². The second kappa shape index (κ2) is 8.34. The Hall–Kier alpha value is -2.08. The van der Waals surface area contributed by atoms with Gasteiger partial charge in [0.1, 0.15) is 0 Å². The molecule has 0 spiro atoms. The van der Waals surface area contributed by atoms with E-state index < -0.39 is 6.03 Å². The average molecular weight is 344 g/mol. The molecule has 0 aromatic heterocycles. The number of carbonyl (C=O) groups is 2. The van der Waals surface area contributed by atoms with Gasteiger partial charge in [-0.2, -0.15) is 0 Å². The molecule has 1 aromatic carbocycles. The number of piperidine rings is 1. The molecule has 136 valence electrons. The lowest BCUT2D eigenvalue weighted by Crippen LogP contribution is -2.51. The normalized spacial score (nSPS) is 23.3. The third-order valence-corrected chi connectivity index (χ3v) is 5.31. The number of fused-ring (bicyclic) bond motifs is 4. The largest absolute Gasteiger partial charge is 0.352 e. The highest BCUT2D eigenvalue weighted by Crippen LogP contribution is 2.28. The molecule has 1 aromatic rings. The third-order valence-electron chi connectivity index (χ3n) is 5.31. The predicted molar refractivity (Wildman–Crippen MR) is 97.0 cm³/mol. The molecule has 3 amide bonds. The van der Waals surface area contributed by atoms with Crippen molar-refractivity contribution in [1.29, 1.82) is 0 Å². The van der Waals surface area contributed by atoms with Gasteiger partial charge in [-0.25, -0.2) is 4.79 Å². The molecule has 4 rings (SSSR count). The highest BCUT2D eigenvalue weighted by atomic mass is 16.2. The first-order valence-electron chi connectivity index (χ1n) is 9.21. The van der Waals surface area contributed by atoms with Gasteiger partial charge in [0.25, 0.3) is 0 Å². The minimum Gasteiger partial charge on any atom is -0.352 e. The van der Waals surface area contributed by atoms with E-state index in [0.29, 0.717) is 5.92 Å². The van der Waals surface area contributed by atoms with Crippen LogP contribution in [0.1, 0.15) is 24.8 Å². The van der Waals surface area contributed by atoms with Gasteiger partial charge in [0.15, 0.2) is 0 Å². The van der Waals surface area contributed by atoms with E-state index in [-0.39, 0.29) is 18.5 Å². The van der Waals surface area contributed by atoms with Gasteiger partial charge < -0.3 is 20.9 Å². The summed E-state index contributed by atoms with van der Waals surface area (Å²) in [6.45, 7) is 3.89. The van der Waals surface area contributed by atoms with Crippen LogP contribution in [-0.4, -0.2) is 60.5 Å². The molecule has 3 N–H and O–H groups in total. The zero-order valence-electron chi connectivity index (χ0n) is 14.7. The van der Waals surface area contributed by atoms with Crippen LogP contribution in [0.25, 0.3) is 0 Å². The van der Waals surface area contributed by atoms with Crippen molar-refractivity contribution in [2.24, 2.45) is 11.7 Å². The minimum absolute atomic E-state index is 0.00651. The van der Waals surface area contributed by atoms with E-state index >= 15 is 0 Å². The summed E-state index contributed by atoms with van der Waals surface area (Å²) in [6, 6.07) is 10.2. The number of aryl methyl sites for hydroxylation is 1. The fraction of sp³-hybridized carbons (Fsp3) is 0.579. The summed E-state index contributed by atoms with van der Waals surface area (Å²) >= 11 is 0. The number of rotatable bonds is 6. The lowest BCUT2D eigenvalue weighted by atomic mass is 9.95. The molecular weight excluding hydrogens is 316 g/mol. The van der Waals surface area contributed by atoms with Crippen LogP contribution < -0.4 is 11.1 Å². The van der Waals surface area contributed by atoms with Gasteiger partial charge in [-0.05, 0) is 43.7 Å². The quantitative estimate of drug-likeness (QED) is 0.814. The number of carbonyl (C=O) groups excluding carboxylic acids is 2. The van der Waals surface area contributed by atoms with Crippen molar-refractivity contribution >= 4 is 11.9 Å². The van der Waals surface area contributed by atoms with Crippen LogP contribution in [0.5, 0.6) is 0 Å². The maximum Gasteiger partial charge on any atom is 0.312 e. The molecule has 3 aliphatic heterocycles. The smallest absolute Gasteiger partial charge is 0.312 e. The van der Waals surface area contributed by atoms with E-state index in [1.54, 1.807) is 0 Å². The van der Waals surface area contributed by atoms with Gasteiger partial charge in [0.2, 0.25) is 5.91 Å². The molecule has 2 bridgehead atoms. The van der Waals surface area contributed by atoms with Crippen molar-refractivity contribution in [2.45, 2.75) is 31.7 Å². The van der Waals surface area contributed by atoms with Crippen LogP contribution in [0.3, 0.4) is 0 Å². The first-order valence-corrected chi connectivity index (χ1v) is 9.21. The Kier molecular flexibility index (Phi) is 5.91. The van der Waals surface area contributed by atoms with Crippen molar-refractivity contribution in [3.8, 4) is 0 Å². The van der Waals surface area contributed by atoms with Gasteiger partial charge >= 0.3 is 6.03 Å². The summed E-state index contributed by atoms with van der Waals surface area (Å²) < 4.78 is 0. The molecule has 0 radical (unpaired) electrons. The van der Waals surface area contributed by atoms with E-state index in [2.05, 4.69) is 40.5 Å². The molecule has 2 atom stereocenters. The fourth-order valence-electron chi connectivity index (χ4n) is 4.08. The van der Waals surface area contributed by atoms with Crippen molar-refractivity contribution in [1.82, 2.24) is 15.1 Å². The number of amides is 3. The number of nitrogens with two attached hydrogens (primary N) is 1. The van der Waals surface area contributed by atoms with Gasteiger partial charge in [-0.15, -0.1) is 0 Å². The van der Waals surface area contributed by atoms with Crippen molar-refractivity contribution in [3.05, 3.63) is 35.9 Å². The van der Waals surface area contributed by atoms with Gasteiger partial charge in [-0.1, -0.05) is 30.3 Å². The predicted octanol–water partition coefficient (Wildman–Crippen LogP) is 1.21. The maximum atomic E-state index is 12.4. The molecule has 0 aliphatic carbocycles. The van der Waals surface area contributed by atoms with E-state index in [1.165, 1.54) is 12.0 Å². The summed E-state index contributed by atoms with van der Waals surface area (Å²) in [6.07, 6.45) is 4.48. The van der Waals surface area contributed by atoms with Crippen LogP contribution in [-0.2, 0) is 11.2 Å². The molecule has 3 saturated heterocycles. The number of benzene rings is 1. The topological polar surface area (TPSA) is 78.7 Å². The second-order valence-corrected chi connectivity index (χ2v) is 7.21. The number of hydrogen-bond donors (Lipinski definition) is 2. The fourth-order valence-corrected chi connectivity index (χ4v) is 4.08. The van der Waals surface area contributed by atoms with Crippen molar-refractivity contribution in [2.75, 3.05) is 32.7 Å².